The Morgan fingerprint density at radius 3 is 2.14 bits per heavy atom. The van der Waals surface area contributed by atoms with E-state index in [2.05, 4.69) is 16.0 Å². The van der Waals surface area contributed by atoms with Crippen molar-refractivity contribution in [3.05, 3.63) is 119 Å². The first kappa shape index (κ1) is 30.9. The van der Waals surface area contributed by atoms with Gasteiger partial charge in [-0.05, 0) is 85.6 Å². The van der Waals surface area contributed by atoms with E-state index in [1.807, 2.05) is 56.3 Å². The number of ether oxygens (including phenoxy) is 2. The quantitative estimate of drug-likeness (QED) is 0.134. The van der Waals surface area contributed by atoms with Crippen LogP contribution in [-0.4, -0.2) is 37.2 Å². The number of carbonyl (C=O) groups excluding carboxylic acids is 3. The second-order valence-corrected chi connectivity index (χ2v) is 10.9. The molecule has 220 valence electrons. The van der Waals surface area contributed by atoms with Crippen LogP contribution in [0.4, 0.5) is 11.4 Å². The molecule has 0 aliphatic rings. The fourth-order valence-electron chi connectivity index (χ4n) is 4.07. The van der Waals surface area contributed by atoms with Crippen LogP contribution in [0.2, 0.25) is 0 Å². The Hall–Kier alpha value is -5.02. The molecule has 0 aliphatic heterocycles. The number of rotatable bonds is 11. The normalized spacial score (nSPS) is 11.7. The maximum absolute atomic E-state index is 13.4. The zero-order valence-electron chi connectivity index (χ0n) is 24.3. The largest absolute Gasteiger partial charge is 0.493 e. The maximum atomic E-state index is 13.4. The predicted octanol–water partition coefficient (Wildman–Crippen LogP) is 6.54. The summed E-state index contributed by atoms with van der Waals surface area (Å²) in [5, 5.41) is 8.20. The van der Waals surface area contributed by atoms with E-state index in [-0.39, 0.29) is 16.9 Å². The van der Waals surface area contributed by atoms with Gasteiger partial charge in [0, 0.05) is 21.8 Å². The van der Waals surface area contributed by atoms with Gasteiger partial charge in [0.15, 0.2) is 11.5 Å². The lowest BCUT2D eigenvalue weighted by molar-refractivity contribution is -0.115. The van der Waals surface area contributed by atoms with E-state index in [1.165, 1.54) is 26.0 Å². The Kier molecular flexibility index (Phi) is 10.6. The van der Waals surface area contributed by atoms with Crippen molar-refractivity contribution in [2.24, 2.45) is 0 Å². The van der Waals surface area contributed by atoms with Crippen LogP contribution >= 0.6 is 11.8 Å². The summed E-state index contributed by atoms with van der Waals surface area (Å²) in [6, 6.07) is 28.6. The zero-order chi connectivity index (χ0) is 30.8. The van der Waals surface area contributed by atoms with E-state index in [1.54, 1.807) is 60.7 Å². The van der Waals surface area contributed by atoms with Crippen molar-refractivity contribution >= 4 is 46.9 Å². The summed E-state index contributed by atoms with van der Waals surface area (Å²) in [5.74, 6) is -0.00684. The molecule has 4 rings (SSSR count). The third-order valence-electron chi connectivity index (χ3n) is 6.44. The van der Waals surface area contributed by atoms with Crippen LogP contribution in [0.5, 0.6) is 11.5 Å². The van der Waals surface area contributed by atoms with Crippen LogP contribution in [0, 0.1) is 6.92 Å². The van der Waals surface area contributed by atoms with E-state index < -0.39 is 11.8 Å². The molecule has 0 bridgehead atoms. The Labute approximate surface area is 255 Å². The maximum Gasteiger partial charge on any atom is 0.272 e. The monoisotopic (exact) mass is 595 g/mol. The Morgan fingerprint density at radius 1 is 0.791 bits per heavy atom. The van der Waals surface area contributed by atoms with E-state index >= 15 is 0 Å². The van der Waals surface area contributed by atoms with Gasteiger partial charge in [0.25, 0.3) is 11.8 Å². The van der Waals surface area contributed by atoms with Crippen molar-refractivity contribution < 1.29 is 23.9 Å². The van der Waals surface area contributed by atoms with Gasteiger partial charge in [-0.3, -0.25) is 14.4 Å². The highest BCUT2D eigenvalue weighted by Gasteiger charge is 2.18. The Balaban J connectivity index is 1.48. The Bertz CT molecular complexity index is 1620. The van der Waals surface area contributed by atoms with Crippen LogP contribution < -0.4 is 25.4 Å². The van der Waals surface area contributed by atoms with Crippen molar-refractivity contribution in [1.82, 2.24) is 5.32 Å². The van der Waals surface area contributed by atoms with E-state index in [4.69, 9.17) is 9.47 Å². The molecule has 0 aliphatic carbocycles. The van der Waals surface area contributed by atoms with Crippen molar-refractivity contribution in [1.29, 1.82) is 0 Å². The molecule has 4 aromatic rings. The van der Waals surface area contributed by atoms with Crippen molar-refractivity contribution in [2.45, 2.75) is 24.0 Å². The molecule has 1 unspecified atom stereocenters. The van der Waals surface area contributed by atoms with Gasteiger partial charge in [-0.1, -0.05) is 42.5 Å². The first-order valence-corrected chi connectivity index (χ1v) is 14.4. The van der Waals surface area contributed by atoms with Crippen LogP contribution in [0.25, 0.3) is 6.08 Å². The molecule has 8 nitrogen and oxygen atoms in total. The second-order valence-electron chi connectivity index (χ2n) is 9.54. The molecule has 0 spiro atoms. The number of anilines is 2. The second kappa shape index (κ2) is 14.7. The first-order chi connectivity index (χ1) is 20.8. The third-order valence-corrected chi connectivity index (χ3v) is 7.56. The lowest BCUT2D eigenvalue weighted by Gasteiger charge is -2.14. The minimum absolute atomic E-state index is 0.0426. The van der Waals surface area contributed by atoms with Crippen molar-refractivity contribution in [3.8, 4) is 11.5 Å². The highest BCUT2D eigenvalue weighted by Crippen LogP contribution is 2.29. The van der Waals surface area contributed by atoms with E-state index in [0.29, 0.717) is 28.3 Å². The average Bonchev–Trinajstić information content (AvgIpc) is 3.02. The highest BCUT2D eigenvalue weighted by atomic mass is 32.2. The molecule has 9 heteroatoms. The molecule has 0 saturated carbocycles. The van der Waals surface area contributed by atoms with E-state index in [9.17, 15) is 14.4 Å². The SMILES string of the molecule is COc1ccc(/C=C(\NC(=O)c2ccccc2)C(=O)Nc2ccc(SC(C)C(=O)Nc3ccccc3C)cc2)cc1OC. The Morgan fingerprint density at radius 2 is 1.47 bits per heavy atom. The van der Waals surface area contributed by atoms with Gasteiger partial charge >= 0.3 is 0 Å². The molecule has 0 heterocycles. The van der Waals surface area contributed by atoms with Crippen LogP contribution in [0.1, 0.15) is 28.4 Å². The summed E-state index contributed by atoms with van der Waals surface area (Å²) in [5.41, 5.74) is 3.39. The number of nitrogens with one attached hydrogen (secondary N) is 3. The number of methoxy groups -OCH3 is 2. The van der Waals surface area contributed by atoms with Crippen molar-refractivity contribution in [2.75, 3.05) is 24.9 Å². The molecule has 3 N–H and O–H groups in total. The van der Waals surface area contributed by atoms with Gasteiger partial charge in [0.1, 0.15) is 5.70 Å². The van der Waals surface area contributed by atoms with E-state index in [0.717, 1.165) is 16.1 Å². The minimum atomic E-state index is -0.509. The molecule has 4 aromatic carbocycles. The zero-order valence-corrected chi connectivity index (χ0v) is 25.2. The summed E-state index contributed by atoms with van der Waals surface area (Å²) >= 11 is 1.41. The summed E-state index contributed by atoms with van der Waals surface area (Å²) < 4.78 is 10.7. The number of para-hydroxylation sites is 1. The molecule has 0 radical (unpaired) electrons. The molecule has 0 aromatic heterocycles. The fraction of sp³-hybridized carbons (Fsp3) is 0.147. The van der Waals surface area contributed by atoms with Gasteiger partial charge in [0.2, 0.25) is 5.91 Å². The topological polar surface area (TPSA) is 106 Å². The predicted molar refractivity (Wildman–Crippen MR) is 172 cm³/mol. The summed E-state index contributed by atoms with van der Waals surface area (Å²) in [6.45, 7) is 3.79. The van der Waals surface area contributed by atoms with Gasteiger partial charge in [-0.15, -0.1) is 11.8 Å². The van der Waals surface area contributed by atoms with Crippen molar-refractivity contribution in [3.63, 3.8) is 0 Å². The highest BCUT2D eigenvalue weighted by molar-refractivity contribution is 8.00. The number of hydrogen-bond donors (Lipinski definition) is 3. The molecule has 0 fully saturated rings. The van der Waals surface area contributed by atoms with Crippen LogP contribution in [0.15, 0.2) is 108 Å². The standard InChI is InChI=1S/C34H33N3O5S/c1-22-10-8-9-13-28(22)36-32(38)23(2)43-27-17-15-26(16-18-27)35-34(40)29(37-33(39)25-11-6-5-7-12-25)20-24-14-19-30(41-3)31(21-24)42-4/h5-21,23H,1-4H3,(H,35,40)(H,36,38)(H,37,39)/b29-20-. The van der Waals surface area contributed by atoms with Gasteiger partial charge in [0.05, 0.1) is 19.5 Å². The summed E-state index contributed by atoms with van der Waals surface area (Å²) in [6.07, 6.45) is 1.57. The molecule has 0 saturated heterocycles. The number of carbonyl (C=O) groups is 3. The average molecular weight is 596 g/mol. The van der Waals surface area contributed by atoms with Gasteiger partial charge in [-0.25, -0.2) is 0 Å². The summed E-state index contributed by atoms with van der Waals surface area (Å²) in [4.78, 5) is 39.9. The smallest absolute Gasteiger partial charge is 0.272 e. The molecule has 3 amide bonds. The van der Waals surface area contributed by atoms with Crippen LogP contribution in [0.3, 0.4) is 0 Å². The lowest BCUT2D eigenvalue weighted by atomic mass is 10.1. The van der Waals surface area contributed by atoms with Crippen LogP contribution in [-0.2, 0) is 9.59 Å². The van der Waals surface area contributed by atoms with Gasteiger partial charge in [-0.2, -0.15) is 0 Å². The first-order valence-electron chi connectivity index (χ1n) is 13.5. The third kappa shape index (κ3) is 8.50. The number of hydrogen-bond acceptors (Lipinski definition) is 6. The number of amides is 3. The lowest BCUT2D eigenvalue weighted by Crippen LogP contribution is -2.30. The number of benzene rings is 4. The molecule has 1 atom stereocenters. The molecular formula is C34H33N3O5S. The minimum Gasteiger partial charge on any atom is -0.493 e. The molecular weight excluding hydrogens is 562 g/mol. The number of thioether (sulfide) groups is 1. The number of aryl methyl sites for hydroxylation is 1. The summed E-state index contributed by atoms with van der Waals surface area (Å²) in [7, 11) is 3.06. The van der Waals surface area contributed by atoms with Gasteiger partial charge < -0.3 is 25.4 Å². The fourth-order valence-corrected chi connectivity index (χ4v) is 4.94. The molecule has 43 heavy (non-hydrogen) atoms.